The van der Waals surface area contributed by atoms with Crippen molar-refractivity contribution in [2.24, 2.45) is 0 Å². The first-order valence-corrected chi connectivity index (χ1v) is 6.83. The number of nitrogens with one attached hydrogen (secondary N) is 1. The molecule has 0 fully saturated rings. The lowest BCUT2D eigenvalue weighted by atomic mass is 10.2. The summed E-state index contributed by atoms with van der Waals surface area (Å²) in [5, 5.41) is 14.2. The number of carbonyl (C=O) groups is 1. The summed E-state index contributed by atoms with van der Waals surface area (Å²) < 4.78 is 5.49. The molecule has 0 unspecified atom stereocenters. The zero-order chi connectivity index (χ0) is 13.5. The zero-order valence-electron chi connectivity index (χ0n) is 10.3. The van der Waals surface area contributed by atoms with Crippen LogP contribution in [-0.2, 0) is 6.54 Å². The third kappa shape index (κ3) is 4.39. The lowest BCUT2D eigenvalue weighted by Gasteiger charge is -2.07. The third-order valence-corrected chi connectivity index (χ3v) is 3.38. The Labute approximate surface area is 115 Å². The van der Waals surface area contributed by atoms with Gasteiger partial charge in [0.05, 0.1) is 5.56 Å². The highest BCUT2D eigenvalue weighted by Gasteiger charge is 2.03. The van der Waals surface area contributed by atoms with Crippen LogP contribution < -0.4 is 10.1 Å². The molecular weight excluding hydrogens is 262 g/mol. The Morgan fingerprint density at radius 2 is 2.21 bits per heavy atom. The summed E-state index contributed by atoms with van der Waals surface area (Å²) >= 11 is 1.71. The molecule has 0 aliphatic rings. The minimum atomic E-state index is -0.943. The maximum Gasteiger partial charge on any atom is 0.335 e. The highest BCUT2D eigenvalue weighted by Crippen LogP contribution is 2.13. The molecule has 1 aromatic carbocycles. The van der Waals surface area contributed by atoms with E-state index in [9.17, 15) is 4.79 Å². The Balaban J connectivity index is 1.70. The number of hydrogen-bond donors (Lipinski definition) is 2. The molecular formula is C14H15NO3S. The van der Waals surface area contributed by atoms with Gasteiger partial charge in [0.15, 0.2) is 0 Å². The van der Waals surface area contributed by atoms with Crippen molar-refractivity contribution < 1.29 is 14.6 Å². The molecule has 0 atom stereocenters. The normalized spacial score (nSPS) is 10.3. The second kappa shape index (κ2) is 6.92. The van der Waals surface area contributed by atoms with Gasteiger partial charge in [0.25, 0.3) is 0 Å². The number of rotatable bonds is 7. The predicted molar refractivity (Wildman–Crippen MR) is 74.9 cm³/mol. The molecule has 0 radical (unpaired) electrons. The Morgan fingerprint density at radius 3 is 2.95 bits per heavy atom. The minimum Gasteiger partial charge on any atom is -0.492 e. The fourth-order valence-electron chi connectivity index (χ4n) is 1.58. The van der Waals surface area contributed by atoms with Crippen LogP contribution in [0.3, 0.4) is 0 Å². The highest BCUT2D eigenvalue weighted by atomic mass is 32.1. The number of carboxylic acids is 1. The third-order valence-electron chi connectivity index (χ3n) is 2.51. The molecule has 0 amide bonds. The number of ether oxygens (including phenoxy) is 1. The van der Waals surface area contributed by atoms with Crippen LogP contribution in [0.5, 0.6) is 5.75 Å². The van der Waals surface area contributed by atoms with Gasteiger partial charge in [0.1, 0.15) is 12.4 Å². The van der Waals surface area contributed by atoms with Crippen LogP contribution in [-0.4, -0.2) is 24.2 Å². The Kier molecular flexibility index (Phi) is 4.94. The van der Waals surface area contributed by atoms with E-state index in [4.69, 9.17) is 9.84 Å². The average molecular weight is 277 g/mol. The van der Waals surface area contributed by atoms with Crippen LogP contribution in [0, 0.1) is 0 Å². The topological polar surface area (TPSA) is 58.6 Å². The summed E-state index contributed by atoms with van der Waals surface area (Å²) in [6.45, 7) is 2.06. The van der Waals surface area contributed by atoms with Gasteiger partial charge in [-0.1, -0.05) is 12.1 Å². The molecule has 4 nitrogen and oxygen atoms in total. The van der Waals surface area contributed by atoms with Gasteiger partial charge in [-0.2, -0.15) is 0 Å². The van der Waals surface area contributed by atoms with E-state index in [-0.39, 0.29) is 5.56 Å². The van der Waals surface area contributed by atoms with Crippen molar-refractivity contribution in [1.82, 2.24) is 5.32 Å². The molecule has 0 spiro atoms. The van der Waals surface area contributed by atoms with Crippen molar-refractivity contribution in [3.8, 4) is 5.75 Å². The fraction of sp³-hybridized carbons (Fsp3) is 0.214. The second-order valence-electron chi connectivity index (χ2n) is 3.94. The van der Waals surface area contributed by atoms with Crippen molar-refractivity contribution in [3.63, 3.8) is 0 Å². The standard InChI is InChI=1S/C14H15NO3S/c16-14(17)11-3-1-4-12(9-11)18-7-6-15-10-13-5-2-8-19-13/h1-5,8-9,15H,6-7,10H2,(H,16,17). The SMILES string of the molecule is O=C(O)c1cccc(OCCNCc2cccs2)c1. The summed E-state index contributed by atoms with van der Waals surface area (Å²) in [6.07, 6.45) is 0. The van der Waals surface area contributed by atoms with E-state index < -0.39 is 5.97 Å². The van der Waals surface area contributed by atoms with Gasteiger partial charge in [-0.05, 0) is 29.6 Å². The van der Waals surface area contributed by atoms with Crippen LogP contribution in [0.2, 0.25) is 0 Å². The molecule has 2 rings (SSSR count). The smallest absolute Gasteiger partial charge is 0.335 e. The average Bonchev–Trinajstić information content (AvgIpc) is 2.92. The van der Waals surface area contributed by atoms with E-state index in [1.54, 1.807) is 29.5 Å². The molecule has 5 heteroatoms. The van der Waals surface area contributed by atoms with Crippen molar-refractivity contribution in [3.05, 3.63) is 52.2 Å². The molecule has 0 aliphatic heterocycles. The lowest BCUT2D eigenvalue weighted by Crippen LogP contribution is -2.20. The summed E-state index contributed by atoms with van der Waals surface area (Å²) in [5.41, 5.74) is 0.240. The molecule has 1 aromatic heterocycles. The van der Waals surface area contributed by atoms with Crippen LogP contribution in [0.4, 0.5) is 0 Å². The van der Waals surface area contributed by atoms with Gasteiger partial charge in [-0.25, -0.2) is 4.79 Å². The summed E-state index contributed by atoms with van der Waals surface area (Å²) in [5.74, 6) is -0.362. The number of hydrogen-bond acceptors (Lipinski definition) is 4. The second-order valence-corrected chi connectivity index (χ2v) is 4.97. The maximum atomic E-state index is 10.8. The van der Waals surface area contributed by atoms with Gasteiger partial charge in [0.2, 0.25) is 0 Å². The monoisotopic (exact) mass is 277 g/mol. The van der Waals surface area contributed by atoms with Gasteiger partial charge >= 0.3 is 5.97 Å². The molecule has 19 heavy (non-hydrogen) atoms. The van der Waals surface area contributed by atoms with E-state index in [1.807, 2.05) is 11.4 Å². The van der Waals surface area contributed by atoms with Crippen LogP contribution in [0.25, 0.3) is 0 Å². The minimum absolute atomic E-state index is 0.240. The van der Waals surface area contributed by atoms with Crippen molar-refractivity contribution >= 4 is 17.3 Å². The number of aromatic carboxylic acids is 1. The molecule has 100 valence electrons. The van der Waals surface area contributed by atoms with Crippen molar-refractivity contribution in [2.75, 3.05) is 13.2 Å². The Morgan fingerprint density at radius 1 is 1.32 bits per heavy atom. The highest BCUT2D eigenvalue weighted by molar-refractivity contribution is 7.09. The van der Waals surface area contributed by atoms with Crippen LogP contribution in [0.15, 0.2) is 41.8 Å². The van der Waals surface area contributed by atoms with E-state index >= 15 is 0 Å². The van der Waals surface area contributed by atoms with E-state index in [0.717, 1.165) is 13.1 Å². The van der Waals surface area contributed by atoms with Crippen molar-refractivity contribution in [2.45, 2.75) is 6.54 Å². The zero-order valence-corrected chi connectivity index (χ0v) is 11.2. The van der Waals surface area contributed by atoms with Crippen LogP contribution >= 0.6 is 11.3 Å². The molecule has 2 aromatic rings. The molecule has 2 N–H and O–H groups in total. The van der Waals surface area contributed by atoms with Crippen molar-refractivity contribution in [1.29, 1.82) is 0 Å². The molecule has 1 heterocycles. The van der Waals surface area contributed by atoms with E-state index in [1.165, 1.54) is 10.9 Å². The fourth-order valence-corrected chi connectivity index (χ4v) is 2.26. The van der Waals surface area contributed by atoms with Crippen LogP contribution in [0.1, 0.15) is 15.2 Å². The van der Waals surface area contributed by atoms with Gasteiger partial charge < -0.3 is 15.2 Å². The van der Waals surface area contributed by atoms with Gasteiger partial charge in [-0.15, -0.1) is 11.3 Å². The van der Waals surface area contributed by atoms with Gasteiger partial charge in [-0.3, -0.25) is 0 Å². The number of benzene rings is 1. The van der Waals surface area contributed by atoms with Gasteiger partial charge in [0, 0.05) is 18.0 Å². The quantitative estimate of drug-likeness (QED) is 0.764. The molecule has 0 saturated carbocycles. The Bertz CT molecular complexity index is 525. The van der Waals surface area contributed by atoms with E-state index in [0.29, 0.717) is 12.4 Å². The maximum absolute atomic E-state index is 10.8. The molecule has 0 aliphatic carbocycles. The summed E-state index contributed by atoms with van der Waals surface area (Å²) in [4.78, 5) is 12.1. The molecule has 0 bridgehead atoms. The first kappa shape index (κ1) is 13.6. The largest absolute Gasteiger partial charge is 0.492 e. The molecule has 0 saturated heterocycles. The number of thiophene rings is 1. The predicted octanol–water partition coefficient (Wildman–Crippen LogP) is 2.61. The summed E-state index contributed by atoms with van der Waals surface area (Å²) in [7, 11) is 0. The first-order valence-electron chi connectivity index (χ1n) is 5.95. The first-order chi connectivity index (χ1) is 9.25. The van der Waals surface area contributed by atoms with E-state index in [2.05, 4.69) is 11.4 Å². The lowest BCUT2D eigenvalue weighted by molar-refractivity contribution is 0.0696. The Hall–Kier alpha value is -1.85. The number of carboxylic acid groups (broad SMARTS) is 1. The summed E-state index contributed by atoms with van der Waals surface area (Å²) in [6, 6.07) is 10.6.